The first kappa shape index (κ1) is 23.5. The molecular weight excluding hydrogens is 481 g/mol. The molecule has 0 unspecified atom stereocenters. The molecule has 3 aliphatic heterocycles. The molecule has 0 aliphatic carbocycles. The van der Waals surface area contributed by atoms with Crippen LogP contribution in [-0.4, -0.2) is 71.3 Å². The summed E-state index contributed by atoms with van der Waals surface area (Å²) in [5, 5.41) is 5.21. The number of nitrogen functional groups attached to an aromatic ring is 1. The van der Waals surface area contributed by atoms with Gasteiger partial charge in [-0.05, 0) is 63.0 Å². The fraction of sp³-hybridized carbons (Fsp3) is 0.414. The van der Waals surface area contributed by atoms with E-state index in [2.05, 4.69) is 32.1 Å². The van der Waals surface area contributed by atoms with Crippen molar-refractivity contribution in [2.24, 2.45) is 0 Å². The van der Waals surface area contributed by atoms with Crippen molar-refractivity contribution >= 4 is 33.4 Å². The number of rotatable bonds is 5. The van der Waals surface area contributed by atoms with Crippen molar-refractivity contribution < 1.29 is 9.13 Å². The van der Waals surface area contributed by atoms with E-state index in [0.29, 0.717) is 47.1 Å². The molecule has 0 radical (unpaired) electrons. The molecule has 0 spiro atoms. The molecule has 0 saturated carbocycles. The van der Waals surface area contributed by atoms with E-state index < -0.39 is 5.82 Å². The van der Waals surface area contributed by atoms with Crippen LogP contribution in [0, 0.1) is 5.82 Å². The van der Waals surface area contributed by atoms with E-state index in [1.165, 1.54) is 0 Å². The van der Waals surface area contributed by atoms with E-state index in [1.807, 2.05) is 36.4 Å². The highest BCUT2D eigenvalue weighted by atomic mass is 19.1. The first-order chi connectivity index (χ1) is 18.5. The molecule has 3 atom stereocenters. The van der Waals surface area contributed by atoms with Gasteiger partial charge in [-0.15, -0.1) is 0 Å². The van der Waals surface area contributed by atoms with Gasteiger partial charge in [0.1, 0.15) is 23.8 Å². The average Bonchev–Trinajstić information content (AvgIpc) is 3.50. The van der Waals surface area contributed by atoms with Crippen LogP contribution in [0.1, 0.15) is 25.7 Å². The summed E-state index contributed by atoms with van der Waals surface area (Å²) in [4.78, 5) is 18.5. The minimum absolute atomic E-state index is 0.230. The number of benzene rings is 2. The zero-order chi connectivity index (χ0) is 25.8. The van der Waals surface area contributed by atoms with E-state index in [1.54, 1.807) is 6.07 Å². The molecule has 5 heterocycles. The molecule has 38 heavy (non-hydrogen) atoms. The first-order valence-electron chi connectivity index (χ1n) is 13.5. The Balaban J connectivity index is 1.36. The second-order valence-electron chi connectivity index (χ2n) is 10.9. The molecule has 3 saturated heterocycles. The Morgan fingerprint density at radius 3 is 2.61 bits per heavy atom. The Kier molecular flexibility index (Phi) is 5.78. The largest absolute Gasteiger partial charge is 0.462 e. The summed E-state index contributed by atoms with van der Waals surface area (Å²) in [6.45, 7) is 3.22. The Labute approximate surface area is 221 Å². The monoisotopic (exact) mass is 513 g/mol. The first-order valence-corrected chi connectivity index (χ1v) is 13.5. The minimum Gasteiger partial charge on any atom is -0.462 e. The molecule has 4 aromatic rings. The minimum atomic E-state index is -0.400. The molecule has 9 heteroatoms. The highest BCUT2D eigenvalue weighted by Crippen LogP contribution is 2.37. The van der Waals surface area contributed by atoms with Crippen molar-refractivity contribution in [3.63, 3.8) is 0 Å². The maximum Gasteiger partial charge on any atom is 0.319 e. The average molecular weight is 514 g/mol. The molecule has 3 N–H and O–H groups in total. The Hall–Kier alpha value is -3.56. The summed E-state index contributed by atoms with van der Waals surface area (Å²) in [6.07, 6.45) is 4.53. The zero-order valence-corrected chi connectivity index (χ0v) is 21.5. The lowest BCUT2D eigenvalue weighted by Crippen LogP contribution is -2.51. The van der Waals surface area contributed by atoms with Gasteiger partial charge in [-0.25, -0.2) is 9.37 Å². The van der Waals surface area contributed by atoms with Gasteiger partial charge in [-0.3, -0.25) is 0 Å². The van der Waals surface area contributed by atoms with Crippen LogP contribution in [0.3, 0.4) is 0 Å². The SMILES string of the molecule is CN1CCC[C@H]1COc1nc(N2C[C@H]3CC[C@@H](C2)N3)c2ccc(-c3cc(N)nc4ccccc34)c(F)c2n1. The summed E-state index contributed by atoms with van der Waals surface area (Å²) in [5.74, 6) is 0.693. The smallest absolute Gasteiger partial charge is 0.319 e. The van der Waals surface area contributed by atoms with E-state index in [0.717, 1.165) is 62.0 Å². The molecule has 8 nitrogen and oxygen atoms in total. The van der Waals surface area contributed by atoms with Crippen LogP contribution in [0.25, 0.3) is 32.9 Å². The number of ether oxygens (including phenoxy) is 1. The standard InChI is InChI=1S/C29H32FN7O/c1-36-12-4-5-19(36)16-38-29-34-27-22(28(35-29)37-14-17-8-9-18(15-37)32-17)11-10-21(26(27)30)23-13-25(31)33-24-7-3-2-6-20(23)24/h2-3,6-7,10-11,13,17-19,32H,4-5,8-9,12,14-16H2,1H3,(H2,31,33)/t17-,18+,19-/m0/s1. The van der Waals surface area contributed by atoms with Crippen LogP contribution >= 0.6 is 0 Å². The van der Waals surface area contributed by atoms with Gasteiger partial charge in [0.15, 0.2) is 5.82 Å². The number of aromatic nitrogens is 3. The predicted octanol–water partition coefficient (Wildman–Crippen LogP) is 3.98. The van der Waals surface area contributed by atoms with Gasteiger partial charge in [0.05, 0.1) is 5.52 Å². The van der Waals surface area contributed by atoms with E-state index in [9.17, 15) is 0 Å². The van der Waals surface area contributed by atoms with Gasteiger partial charge >= 0.3 is 6.01 Å². The highest BCUT2D eigenvalue weighted by molar-refractivity contribution is 6.00. The van der Waals surface area contributed by atoms with Crippen LogP contribution in [0.5, 0.6) is 6.01 Å². The molecule has 0 amide bonds. The van der Waals surface area contributed by atoms with Crippen LogP contribution in [0.2, 0.25) is 0 Å². The summed E-state index contributed by atoms with van der Waals surface area (Å²) < 4.78 is 22.6. The van der Waals surface area contributed by atoms with Crippen LogP contribution in [0.4, 0.5) is 16.0 Å². The molecule has 2 bridgehead atoms. The molecule has 196 valence electrons. The summed E-state index contributed by atoms with van der Waals surface area (Å²) >= 11 is 0. The van der Waals surface area contributed by atoms with Crippen LogP contribution in [0.15, 0.2) is 42.5 Å². The van der Waals surface area contributed by atoms with Crippen molar-refractivity contribution in [2.75, 3.05) is 43.9 Å². The van der Waals surface area contributed by atoms with Gasteiger partial charge in [0, 0.05) is 47.6 Å². The van der Waals surface area contributed by atoms with Crippen LogP contribution < -0.4 is 20.7 Å². The number of nitrogens with two attached hydrogens (primary N) is 1. The molecular formula is C29H32FN7O. The normalized spacial score (nSPS) is 23.5. The van der Waals surface area contributed by atoms with Gasteiger partial charge < -0.3 is 25.6 Å². The third-order valence-electron chi connectivity index (χ3n) is 8.38. The quantitative estimate of drug-likeness (QED) is 0.414. The molecule has 2 aromatic heterocycles. The maximum atomic E-state index is 16.5. The Morgan fingerprint density at radius 1 is 1.00 bits per heavy atom. The summed E-state index contributed by atoms with van der Waals surface area (Å²) in [7, 11) is 2.11. The third-order valence-corrected chi connectivity index (χ3v) is 8.38. The van der Waals surface area contributed by atoms with Crippen molar-refractivity contribution in [1.29, 1.82) is 0 Å². The second kappa shape index (κ2) is 9.32. The second-order valence-corrected chi connectivity index (χ2v) is 10.9. The Morgan fingerprint density at radius 2 is 1.82 bits per heavy atom. The van der Waals surface area contributed by atoms with E-state index in [4.69, 9.17) is 15.5 Å². The topological polar surface area (TPSA) is 92.4 Å². The van der Waals surface area contributed by atoms with Crippen molar-refractivity contribution in [3.8, 4) is 17.1 Å². The third kappa shape index (κ3) is 4.10. The van der Waals surface area contributed by atoms with Gasteiger partial charge in [0.25, 0.3) is 0 Å². The number of hydrogen-bond acceptors (Lipinski definition) is 8. The lowest BCUT2D eigenvalue weighted by molar-refractivity contribution is 0.188. The summed E-state index contributed by atoms with van der Waals surface area (Å²) in [5.41, 5.74) is 8.25. The number of halogens is 1. The molecule has 3 aliphatic rings. The number of nitrogens with one attached hydrogen (secondary N) is 1. The number of likely N-dealkylation sites (tertiary alicyclic amines) is 1. The van der Waals surface area contributed by atoms with Crippen molar-refractivity contribution in [2.45, 2.75) is 43.8 Å². The van der Waals surface area contributed by atoms with Crippen LogP contribution in [-0.2, 0) is 0 Å². The number of para-hydroxylation sites is 1. The summed E-state index contributed by atoms with van der Waals surface area (Å²) in [6, 6.07) is 14.5. The number of nitrogens with zero attached hydrogens (tertiary/aromatic N) is 5. The van der Waals surface area contributed by atoms with E-state index in [-0.39, 0.29) is 11.5 Å². The van der Waals surface area contributed by atoms with Gasteiger partial charge in [-0.2, -0.15) is 9.97 Å². The van der Waals surface area contributed by atoms with Crippen molar-refractivity contribution in [3.05, 3.63) is 48.3 Å². The number of hydrogen-bond donors (Lipinski definition) is 2. The van der Waals surface area contributed by atoms with Gasteiger partial charge in [-0.1, -0.05) is 24.3 Å². The fourth-order valence-corrected chi connectivity index (χ4v) is 6.39. The maximum absolute atomic E-state index is 16.5. The number of likely N-dealkylation sites (N-methyl/N-ethyl adjacent to an activating group) is 1. The molecule has 3 fully saturated rings. The lowest BCUT2D eigenvalue weighted by atomic mass is 9.99. The number of fused-ring (bicyclic) bond motifs is 4. The Bertz CT molecular complexity index is 1520. The predicted molar refractivity (Wildman–Crippen MR) is 148 cm³/mol. The zero-order valence-electron chi connectivity index (χ0n) is 21.5. The number of pyridine rings is 1. The fourth-order valence-electron chi connectivity index (χ4n) is 6.39. The lowest BCUT2D eigenvalue weighted by Gasteiger charge is -2.34. The van der Waals surface area contributed by atoms with E-state index >= 15 is 4.39 Å². The molecule has 2 aromatic carbocycles. The van der Waals surface area contributed by atoms with Crippen molar-refractivity contribution in [1.82, 2.24) is 25.2 Å². The number of piperazine rings is 1. The highest BCUT2D eigenvalue weighted by Gasteiger charge is 2.34. The molecule has 7 rings (SSSR count). The number of anilines is 2. The van der Waals surface area contributed by atoms with Gasteiger partial charge in [0.2, 0.25) is 0 Å².